The van der Waals surface area contributed by atoms with Crippen molar-refractivity contribution >= 4 is 0 Å². The van der Waals surface area contributed by atoms with Crippen LogP contribution in [-0.4, -0.2) is 13.2 Å². The van der Waals surface area contributed by atoms with E-state index in [2.05, 4.69) is 19.2 Å². The van der Waals surface area contributed by atoms with E-state index >= 15 is 0 Å². The third kappa shape index (κ3) is 5.91. The molecule has 0 aliphatic heterocycles. The summed E-state index contributed by atoms with van der Waals surface area (Å²) in [4.78, 5) is 0. The summed E-state index contributed by atoms with van der Waals surface area (Å²) in [7, 11) is 0. The molecular weight excluding hydrogens is 268 g/mol. The second-order valence-corrected chi connectivity index (χ2v) is 7.61. The van der Waals surface area contributed by atoms with Gasteiger partial charge in [0.1, 0.15) is 0 Å². The molecule has 0 atom stereocenters. The van der Waals surface area contributed by atoms with Gasteiger partial charge < -0.3 is 4.74 Å². The topological polar surface area (TPSA) is 9.23 Å². The van der Waals surface area contributed by atoms with Gasteiger partial charge in [0.2, 0.25) is 0 Å². The van der Waals surface area contributed by atoms with Crippen LogP contribution in [0.1, 0.15) is 70.6 Å². The summed E-state index contributed by atoms with van der Waals surface area (Å²) in [5, 5.41) is 0. The van der Waals surface area contributed by atoms with Crippen molar-refractivity contribution in [3.05, 3.63) is 25.3 Å². The van der Waals surface area contributed by atoms with Gasteiger partial charge in [-0.1, -0.05) is 31.4 Å². The van der Waals surface area contributed by atoms with Crippen molar-refractivity contribution in [3.63, 3.8) is 0 Å². The van der Waals surface area contributed by atoms with Gasteiger partial charge in [-0.15, -0.1) is 13.2 Å². The summed E-state index contributed by atoms with van der Waals surface area (Å²) in [6.07, 6.45) is 19.6. The van der Waals surface area contributed by atoms with Crippen LogP contribution in [-0.2, 0) is 4.74 Å². The molecule has 2 aliphatic rings. The highest BCUT2D eigenvalue weighted by molar-refractivity contribution is 4.82. The minimum atomic E-state index is 0.718. The summed E-state index contributed by atoms with van der Waals surface area (Å²) in [5.41, 5.74) is 0. The van der Waals surface area contributed by atoms with Crippen molar-refractivity contribution in [3.8, 4) is 0 Å². The lowest BCUT2D eigenvalue weighted by Crippen LogP contribution is -2.27. The Kier molecular flexibility index (Phi) is 8.30. The van der Waals surface area contributed by atoms with Crippen LogP contribution in [0.2, 0.25) is 0 Å². The molecule has 2 saturated carbocycles. The third-order valence-corrected chi connectivity index (χ3v) is 6.06. The van der Waals surface area contributed by atoms with Gasteiger partial charge in [0, 0.05) is 6.61 Å². The number of allylic oxidation sites excluding steroid dienone is 1. The SMILES string of the molecule is C=CCCCC1CCC(C2CCC(COCC=C)CC2)CC1. The van der Waals surface area contributed by atoms with E-state index in [0.717, 1.165) is 36.9 Å². The standard InChI is InChI=1S/C21H36O/c1-3-5-6-7-18-8-12-20(13-9-18)21-14-10-19(11-15-21)17-22-16-4-2/h3-4,18-21H,1-2,5-17H2. The molecule has 2 rings (SSSR count). The highest BCUT2D eigenvalue weighted by Gasteiger charge is 2.30. The summed E-state index contributed by atoms with van der Waals surface area (Å²) < 4.78 is 5.64. The van der Waals surface area contributed by atoms with Gasteiger partial charge in [-0.25, -0.2) is 0 Å². The molecule has 2 aliphatic carbocycles. The number of ether oxygens (including phenoxy) is 1. The zero-order valence-corrected chi connectivity index (χ0v) is 14.5. The zero-order chi connectivity index (χ0) is 15.6. The van der Waals surface area contributed by atoms with Crippen molar-refractivity contribution in [1.29, 1.82) is 0 Å². The molecule has 1 heteroatoms. The van der Waals surface area contributed by atoms with Gasteiger partial charge in [-0.3, -0.25) is 0 Å². The fourth-order valence-electron chi connectivity index (χ4n) is 4.64. The minimum Gasteiger partial charge on any atom is -0.377 e. The summed E-state index contributed by atoms with van der Waals surface area (Å²) in [6, 6.07) is 0. The number of hydrogen-bond donors (Lipinski definition) is 0. The van der Waals surface area contributed by atoms with Gasteiger partial charge in [-0.2, -0.15) is 0 Å². The average molecular weight is 305 g/mol. The maximum absolute atomic E-state index is 5.64. The summed E-state index contributed by atoms with van der Waals surface area (Å²) >= 11 is 0. The van der Waals surface area contributed by atoms with Crippen LogP contribution in [0.4, 0.5) is 0 Å². The maximum Gasteiger partial charge on any atom is 0.0644 e. The Labute approximate surface area is 138 Å². The Morgan fingerprint density at radius 3 is 1.91 bits per heavy atom. The zero-order valence-electron chi connectivity index (χ0n) is 14.5. The first-order chi connectivity index (χ1) is 10.8. The fourth-order valence-corrected chi connectivity index (χ4v) is 4.64. The molecule has 22 heavy (non-hydrogen) atoms. The van der Waals surface area contributed by atoms with Gasteiger partial charge in [0.05, 0.1) is 6.61 Å². The van der Waals surface area contributed by atoms with E-state index in [0.29, 0.717) is 0 Å². The molecule has 0 unspecified atom stereocenters. The van der Waals surface area contributed by atoms with Crippen molar-refractivity contribution < 1.29 is 4.74 Å². The largest absolute Gasteiger partial charge is 0.377 e. The van der Waals surface area contributed by atoms with Crippen LogP contribution in [0, 0.1) is 23.7 Å². The van der Waals surface area contributed by atoms with Gasteiger partial charge >= 0.3 is 0 Å². The van der Waals surface area contributed by atoms with E-state index in [1.54, 1.807) is 0 Å². The van der Waals surface area contributed by atoms with Crippen molar-refractivity contribution in [2.45, 2.75) is 70.6 Å². The smallest absolute Gasteiger partial charge is 0.0644 e. The Morgan fingerprint density at radius 2 is 1.36 bits per heavy atom. The molecule has 0 amide bonds. The van der Waals surface area contributed by atoms with E-state index in [1.807, 2.05) is 6.08 Å². The molecule has 0 aromatic carbocycles. The molecule has 2 fully saturated rings. The van der Waals surface area contributed by atoms with Crippen LogP contribution in [0.3, 0.4) is 0 Å². The molecular formula is C21H36O. The number of hydrogen-bond acceptors (Lipinski definition) is 1. The van der Waals surface area contributed by atoms with Crippen LogP contribution < -0.4 is 0 Å². The van der Waals surface area contributed by atoms with Crippen molar-refractivity contribution in [2.75, 3.05) is 13.2 Å². The predicted molar refractivity (Wildman–Crippen MR) is 96.0 cm³/mol. The molecule has 0 bridgehead atoms. The van der Waals surface area contributed by atoms with E-state index in [1.165, 1.54) is 70.6 Å². The lowest BCUT2D eigenvalue weighted by molar-refractivity contribution is 0.0780. The molecule has 0 saturated heterocycles. The van der Waals surface area contributed by atoms with Gasteiger partial charge in [0.25, 0.3) is 0 Å². The molecule has 0 spiro atoms. The lowest BCUT2D eigenvalue weighted by atomic mass is 9.69. The highest BCUT2D eigenvalue weighted by Crippen LogP contribution is 2.42. The Balaban J connectivity index is 1.60. The normalized spacial score (nSPS) is 32.5. The van der Waals surface area contributed by atoms with Crippen LogP contribution in [0.5, 0.6) is 0 Å². The molecule has 1 nitrogen and oxygen atoms in total. The van der Waals surface area contributed by atoms with E-state index in [-0.39, 0.29) is 0 Å². The van der Waals surface area contributed by atoms with Gasteiger partial charge in [0.15, 0.2) is 0 Å². The second kappa shape index (κ2) is 10.3. The van der Waals surface area contributed by atoms with E-state index < -0.39 is 0 Å². The Morgan fingerprint density at radius 1 is 0.773 bits per heavy atom. The Hall–Kier alpha value is -0.560. The first kappa shape index (κ1) is 17.8. The van der Waals surface area contributed by atoms with Crippen molar-refractivity contribution in [2.24, 2.45) is 23.7 Å². The van der Waals surface area contributed by atoms with Crippen LogP contribution >= 0.6 is 0 Å². The third-order valence-electron chi connectivity index (χ3n) is 6.06. The molecule has 126 valence electrons. The van der Waals surface area contributed by atoms with Gasteiger partial charge in [-0.05, 0) is 75.0 Å². The molecule has 0 aromatic heterocycles. The van der Waals surface area contributed by atoms with Crippen molar-refractivity contribution in [1.82, 2.24) is 0 Å². The predicted octanol–water partition coefficient (Wildman–Crippen LogP) is 6.16. The average Bonchev–Trinajstić information content (AvgIpc) is 2.57. The fraction of sp³-hybridized carbons (Fsp3) is 0.810. The number of unbranched alkanes of at least 4 members (excludes halogenated alkanes) is 1. The van der Waals surface area contributed by atoms with Crippen LogP contribution in [0.15, 0.2) is 25.3 Å². The monoisotopic (exact) mass is 304 g/mol. The first-order valence-electron chi connectivity index (χ1n) is 9.63. The molecule has 0 radical (unpaired) electrons. The molecule has 0 N–H and O–H groups in total. The lowest BCUT2D eigenvalue weighted by Gasteiger charge is -2.37. The quantitative estimate of drug-likeness (QED) is 0.366. The van der Waals surface area contributed by atoms with E-state index in [9.17, 15) is 0 Å². The minimum absolute atomic E-state index is 0.718. The molecule has 0 aromatic rings. The second-order valence-electron chi connectivity index (χ2n) is 7.61. The number of rotatable bonds is 9. The van der Waals surface area contributed by atoms with Crippen LogP contribution in [0.25, 0.3) is 0 Å². The van der Waals surface area contributed by atoms with E-state index in [4.69, 9.17) is 4.74 Å². The Bertz CT molecular complexity index is 274. The first-order valence-corrected chi connectivity index (χ1v) is 9.63. The maximum atomic E-state index is 5.64. The summed E-state index contributed by atoms with van der Waals surface area (Å²) in [6.45, 7) is 9.22. The highest BCUT2D eigenvalue weighted by atomic mass is 16.5. The summed E-state index contributed by atoms with van der Waals surface area (Å²) in [5.74, 6) is 3.88. The molecule has 0 heterocycles.